The largest absolute Gasteiger partial charge is 0.382 e. The zero-order valence-corrected chi connectivity index (χ0v) is 7.28. The van der Waals surface area contributed by atoms with E-state index in [9.17, 15) is 0 Å². The molecule has 66 valence electrons. The van der Waals surface area contributed by atoms with Crippen molar-refractivity contribution in [3.63, 3.8) is 0 Å². The monoisotopic (exact) mass is 174 g/mol. The summed E-state index contributed by atoms with van der Waals surface area (Å²) in [6.45, 7) is 1.86. The van der Waals surface area contributed by atoms with Gasteiger partial charge in [0.25, 0.3) is 0 Å². The van der Waals surface area contributed by atoms with Crippen molar-refractivity contribution < 1.29 is 0 Å². The van der Waals surface area contributed by atoms with Crippen molar-refractivity contribution >= 4 is 5.82 Å². The van der Waals surface area contributed by atoms with Gasteiger partial charge in [-0.1, -0.05) is 6.07 Å². The molecule has 3 N–H and O–H groups in total. The van der Waals surface area contributed by atoms with Crippen molar-refractivity contribution in [2.24, 2.45) is 0 Å². The Hall–Kier alpha value is -1.84. The molecule has 0 spiro atoms. The highest BCUT2D eigenvalue weighted by Crippen LogP contribution is 2.20. The number of pyridine rings is 1. The van der Waals surface area contributed by atoms with Crippen LogP contribution < -0.4 is 5.73 Å². The summed E-state index contributed by atoms with van der Waals surface area (Å²) in [7, 11) is 0. The molecule has 0 unspecified atom stereocenters. The predicted octanol–water partition coefficient (Wildman–Crippen LogP) is 1.36. The second kappa shape index (κ2) is 2.90. The standard InChI is InChI=1S/C9H10N4/c1-6-12-8(9(10)13-6)7-4-2-3-5-11-7/h2-5H,10H2,1H3,(H,12,13). The summed E-state index contributed by atoms with van der Waals surface area (Å²) in [5.41, 5.74) is 7.30. The van der Waals surface area contributed by atoms with Crippen LogP contribution in [-0.2, 0) is 0 Å². The van der Waals surface area contributed by atoms with E-state index in [1.807, 2.05) is 25.1 Å². The van der Waals surface area contributed by atoms with Crippen molar-refractivity contribution in [3.05, 3.63) is 30.2 Å². The second-order valence-electron chi connectivity index (χ2n) is 2.80. The summed E-state index contributed by atoms with van der Waals surface area (Å²) in [4.78, 5) is 11.3. The topological polar surface area (TPSA) is 67.6 Å². The smallest absolute Gasteiger partial charge is 0.151 e. The number of aromatic nitrogens is 3. The van der Waals surface area contributed by atoms with Crippen LogP contribution in [0.4, 0.5) is 5.82 Å². The Labute approximate surface area is 75.8 Å². The highest BCUT2D eigenvalue weighted by molar-refractivity contribution is 5.66. The minimum absolute atomic E-state index is 0.496. The first-order valence-corrected chi connectivity index (χ1v) is 4.01. The average molecular weight is 174 g/mol. The lowest BCUT2D eigenvalue weighted by Gasteiger charge is -1.95. The molecular formula is C9H10N4. The Balaban J connectivity index is 2.53. The maximum absolute atomic E-state index is 5.69. The first kappa shape index (κ1) is 7.79. The van der Waals surface area contributed by atoms with Crippen LogP contribution in [0.1, 0.15) is 5.82 Å². The van der Waals surface area contributed by atoms with E-state index in [1.54, 1.807) is 6.20 Å². The van der Waals surface area contributed by atoms with Crippen molar-refractivity contribution in [1.82, 2.24) is 15.0 Å². The van der Waals surface area contributed by atoms with E-state index in [4.69, 9.17) is 5.73 Å². The summed E-state index contributed by atoms with van der Waals surface area (Å²) >= 11 is 0. The minimum Gasteiger partial charge on any atom is -0.382 e. The summed E-state index contributed by atoms with van der Waals surface area (Å²) in [5.74, 6) is 1.30. The van der Waals surface area contributed by atoms with Crippen molar-refractivity contribution in [2.45, 2.75) is 6.92 Å². The van der Waals surface area contributed by atoms with Gasteiger partial charge >= 0.3 is 0 Å². The van der Waals surface area contributed by atoms with Crippen LogP contribution in [0.3, 0.4) is 0 Å². The molecule has 0 saturated carbocycles. The zero-order valence-electron chi connectivity index (χ0n) is 7.28. The van der Waals surface area contributed by atoms with E-state index in [0.717, 1.165) is 17.2 Å². The van der Waals surface area contributed by atoms with Gasteiger partial charge in [-0.15, -0.1) is 0 Å². The van der Waals surface area contributed by atoms with E-state index >= 15 is 0 Å². The molecule has 0 amide bonds. The van der Waals surface area contributed by atoms with Gasteiger partial charge < -0.3 is 10.7 Å². The lowest BCUT2D eigenvalue weighted by atomic mass is 10.3. The van der Waals surface area contributed by atoms with E-state index in [-0.39, 0.29) is 0 Å². The van der Waals surface area contributed by atoms with Crippen LogP contribution in [0.25, 0.3) is 11.4 Å². The molecule has 2 aromatic heterocycles. The number of anilines is 1. The number of H-pyrrole nitrogens is 1. The highest BCUT2D eigenvalue weighted by Gasteiger charge is 2.06. The van der Waals surface area contributed by atoms with Gasteiger partial charge in [0.1, 0.15) is 11.5 Å². The third-order valence-electron chi connectivity index (χ3n) is 1.77. The normalized spacial score (nSPS) is 10.2. The van der Waals surface area contributed by atoms with Crippen LogP contribution in [0.2, 0.25) is 0 Å². The third-order valence-corrected chi connectivity index (χ3v) is 1.77. The molecule has 2 aromatic rings. The summed E-state index contributed by atoms with van der Waals surface area (Å²) in [6, 6.07) is 5.67. The van der Waals surface area contributed by atoms with Gasteiger partial charge in [-0.25, -0.2) is 4.98 Å². The van der Waals surface area contributed by atoms with Gasteiger partial charge in [0, 0.05) is 6.20 Å². The highest BCUT2D eigenvalue weighted by atomic mass is 15.0. The molecule has 4 nitrogen and oxygen atoms in total. The van der Waals surface area contributed by atoms with Crippen LogP contribution in [-0.4, -0.2) is 15.0 Å². The molecule has 4 heteroatoms. The summed E-state index contributed by atoms with van der Waals surface area (Å²) in [6.07, 6.45) is 1.73. The Bertz CT molecular complexity index is 405. The maximum atomic E-state index is 5.69. The van der Waals surface area contributed by atoms with Gasteiger partial charge in [0.15, 0.2) is 5.82 Å². The molecule has 2 heterocycles. The lowest BCUT2D eigenvalue weighted by molar-refractivity contribution is 1.15. The van der Waals surface area contributed by atoms with E-state index < -0.39 is 0 Å². The van der Waals surface area contributed by atoms with Crippen LogP contribution in [0, 0.1) is 6.92 Å². The molecule has 0 aliphatic heterocycles. The molecule has 13 heavy (non-hydrogen) atoms. The Morgan fingerprint density at radius 2 is 2.23 bits per heavy atom. The molecular weight excluding hydrogens is 164 g/mol. The second-order valence-corrected chi connectivity index (χ2v) is 2.80. The number of imidazole rings is 1. The number of nitrogens with zero attached hydrogens (tertiary/aromatic N) is 2. The average Bonchev–Trinajstić information content (AvgIpc) is 2.47. The van der Waals surface area contributed by atoms with Gasteiger partial charge in [0.05, 0.1) is 5.69 Å². The third kappa shape index (κ3) is 1.38. The summed E-state index contributed by atoms with van der Waals surface area (Å²) in [5, 5.41) is 0. The van der Waals surface area contributed by atoms with Gasteiger partial charge in [-0.2, -0.15) is 0 Å². The molecule has 0 aliphatic rings. The molecule has 0 bridgehead atoms. The molecule has 2 rings (SSSR count). The van der Waals surface area contributed by atoms with E-state index in [1.165, 1.54) is 0 Å². The van der Waals surface area contributed by atoms with Crippen molar-refractivity contribution in [1.29, 1.82) is 0 Å². The Morgan fingerprint density at radius 1 is 1.38 bits per heavy atom. The van der Waals surface area contributed by atoms with Gasteiger partial charge in [0.2, 0.25) is 0 Å². The SMILES string of the molecule is Cc1nc(N)c(-c2ccccn2)[nH]1. The fourth-order valence-corrected chi connectivity index (χ4v) is 1.22. The fraction of sp³-hybridized carbons (Fsp3) is 0.111. The zero-order chi connectivity index (χ0) is 9.26. The number of nitrogens with one attached hydrogen (secondary N) is 1. The van der Waals surface area contributed by atoms with E-state index in [2.05, 4.69) is 15.0 Å². The van der Waals surface area contributed by atoms with Gasteiger partial charge in [-0.05, 0) is 19.1 Å². The van der Waals surface area contributed by atoms with Crippen LogP contribution >= 0.6 is 0 Å². The number of hydrogen-bond donors (Lipinski definition) is 2. The maximum Gasteiger partial charge on any atom is 0.151 e. The fourth-order valence-electron chi connectivity index (χ4n) is 1.22. The van der Waals surface area contributed by atoms with Crippen LogP contribution in [0.5, 0.6) is 0 Å². The predicted molar refractivity (Wildman–Crippen MR) is 51.0 cm³/mol. The first-order valence-electron chi connectivity index (χ1n) is 4.01. The van der Waals surface area contributed by atoms with Gasteiger partial charge in [-0.3, -0.25) is 4.98 Å². The quantitative estimate of drug-likeness (QED) is 0.686. The number of aryl methyl sites for hydroxylation is 1. The molecule has 0 radical (unpaired) electrons. The number of rotatable bonds is 1. The first-order chi connectivity index (χ1) is 6.27. The Kier molecular flexibility index (Phi) is 1.73. The molecule has 0 saturated heterocycles. The summed E-state index contributed by atoms with van der Waals surface area (Å²) < 4.78 is 0. The minimum atomic E-state index is 0.496. The number of aromatic amines is 1. The molecule has 0 aliphatic carbocycles. The Morgan fingerprint density at radius 3 is 2.77 bits per heavy atom. The lowest BCUT2D eigenvalue weighted by Crippen LogP contribution is -1.89. The van der Waals surface area contributed by atoms with Crippen molar-refractivity contribution in [3.8, 4) is 11.4 Å². The molecule has 0 fully saturated rings. The number of nitrogens with two attached hydrogens (primary N) is 1. The van der Waals surface area contributed by atoms with E-state index in [0.29, 0.717) is 5.82 Å². The van der Waals surface area contributed by atoms with Crippen LogP contribution in [0.15, 0.2) is 24.4 Å². The molecule has 0 atom stereocenters. The van der Waals surface area contributed by atoms with Crippen molar-refractivity contribution in [2.75, 3.05) is 5.73 Å². The number of nitrogen functional groups attached to an aromatic ring is 1. The number of hydrogen-bond acceptors (Lipinski definition) is 3. The molecule has 0 aromatic carbocycles.